The zero-order valence-corrected chi connectivity index (χ0v) is 17.4. The van der Waals surface area contributed by atoms with Crippen molar-refractivity contribution in [1.82, 2.24) is 0 Å². The van der Waals surface area contributed by atoms with Crippen LogP contribution in [-0.2, 0) is 27.5 Å². The summed E-state index contributed by atoms with van der Waals surface area (Å²) in [6.07, 6.45) is -4.69. The van der Waals surface area contributed by atoms with Crippen LogP contribution in [0.5, 0.6) is 0 Å². The van der Waals surface area contributed by atoms with Crippen LogP contribution in [0, 0.1) is 12.7 Å². The highest BCUT2D eigenvalue weighted by molar-refractivity contribution is 7.93. The van der Waals surface area contributed by atoms with E-state index in [9.17, 15) is 30.8 Å². The Labute approximate surface area is 174 Å². The molecule has 0 amide bonds. The largest absolute Gasteiger partial charge is 0.419 e. The summed E-state index contributed by atoms with van der Waals surface area (Å²) in [6.45, 7) is 1.31. The molecule has 0 saturated heterocycles. The van der Waals surface area contributed by atoms with Crippen LogP contribution in [0.15, 0.2) is 42.5 Å². The van der Waals surface area contributed by atoms with E-state index in [0.29, 0.717) is 29.0 Å². The van der Waals surface area contributed by atoms with E-state index in [1.54, 1.807) is 19.1 Å². The molecule has 0 saturated carbocycles. The summed E-state index contributed by atoms with van der Waals surface area (Å²) in [7, 11) is -4.03. The van der Waals surface area contributed by atoms with E-state index in [1.807, 2.05) is 12.1 Å². The van der Waals surface area contributed by atoms with E-state index in [1.165, 1.54) is 11.3 Å². The number of benzene rings is 2. The van der Waals surface area contributed by atoms with Gasteiger partial charge in [0.25, 0.3) is 0 Å². The smallest absolute Gasteiger partial charge is 0.303 e. The third kappa shape index (κ3) is 4.49. The van der Waals surface area contributed by atoms with Crippen LogP contribution in [-0.4, -0.2) is 20.5 Å². The number of nitrogens with zero attached hydrogens (tertiary/aromatic N) is 1. The van der Waals surface area contributed by atoms with Gasteiger partial charge in [-0.25, -0.2) is 12.8 Å². The normalized spacial score (nSPS) is 12.3. The van der Waals surface area contributed by atoms with Crippen LogP contribution in [0.3, 0.4) is 0 Å². The molecule has 0 aliphatic carbocycles. The van der Waals surface area contributed by atoms with Crippen LogP contribution in [0.25, 0.3) is 10.1 Å². The van der Waals surface area contributed by atoms with Gasteiger partial charge in [0.2, 0.25) is 10.0 Å². The van der Waals surface area contributed by atoms with Crippen molar-refractivity contribution in [3.63, 3.8) is 0 Å². The number of fused-ring (bicyclic) bond motifs is 1. The van der Waals surface area contributed by atoms with Crippen LogP contribution >= 0.6 is 11.3 Å². The van der Waals surface area contributed by atoms with Crippen molar-refractivity contribution in [1.29, 1.82) is 0 Å². The van der Waals surface area contributed by atoms with Crippen molar-refractivity contribution < 1.29 is 30.8 Å². The number of halogens is 4. The van der Waals surface area contributed by atoms with E-state index in [0.717, 1.165) is 20.5 Å². The van der Waals surface area contributed by atoms with Crippen LogP contribution in [0.4, 0.5) is 22.6 Å². The molecule has 4 nitrogen and oxygen atoms in total. The average Bonchev–Trinajstić information content (AvgIpc) is 3.01. The molecule has 0 atom stereocenters. The molecule has 1 heterocycles. The molecule has 3 rings (SSSR count). The zero-order chi connectivity index (χ0) is 22.1. The number of aryl methyl sites for hydroxylation is 1. The van der Waals surface area contributed by atoms with Crippen LogP contribution < -0.4 is 4.31 Å². The molecule has 0 radical (unpaired) electrons. The molecule has 10 heteroatoms. The molecule has 0 aliphatic rings. The highest BCUT2D eigenvalue weighted by Crippen LogP contribution is 2.40. The van der Waals surface area contributed by atoms with E-state index in [2.05, 4.69) is 0 Å². The van der Waals surface area contributed by atoms with E-state index in [4.69, 9.17) is 0 Å². The summed E-state index contributed by atoms with van der Waals surface area (Å²) < 4.78 is 80.6. The van der Waals surface area contributed by atoms with Gasteiger partial charge in [-0.05, 0) is 41.6 Å². The third-order valence-corrected chi connectivity index (χ3v) is 7.68. The van der Waals surface area contributed by atoms with Gasteiger partial charge >= 0.3 is 6.18 Å². The van der Waals surface area contributed by atoms with Crippen molar-refractivity contribution in [2.75, 3.05) is 10.1 Å². The molecule has 0 spiro atoms. The first kappa shape index (κ1) is 22.2. The molecule has 0 bridgehead atoms. The molecule has 0 fully saturated rings. The Bertz CT molecular complexity index is 1190. The second kappa shape index (κ2) is 8.35. The fourth-order valence-corrected chi connectivity index (χ4v) is 5.97. The van der Waals surface area contributed by atoms with Crippen molar-refractivity contribution in [2.24, 2.45) is 0 Å². The summed E-state index contributed by atoms with van der Waals surface area (Å²) in [5.41, 5.74) is -0.822. The predicted octanol–water partition coefficient (Wildman–Crippen LogP) is 5.29. The van der Waals surface area contributed by atoms with Gasteiger partial charge in [-0.1, -0.05) is 24.3 Å². The minimum Gasteiger partial charge on any atom is -0.303 e. The second-order valence-corrected chi connectivity index (χ2v) is 9.66. The summed E-state index contributed by atoms with van der Waals surface area (Å²) in [5.74, 6) is -1.92. The molecule has 0 N–H and O–H groups in total. The average molecular weight is 459 g/mol. The predicted molar refractivity (Wildman–Crippen MR) is 109 cm³/mol. The van der Waals surface area contributed by atoms with Crippen LogP contribution in [0.1, 0.15) is 23.1 Å². The van der Waals surface area contributed by atoms with Crippen molar-refractivity contribution >= 4 is 42.7 Å². The van der Waals surface area contributed by atoms with Gasteiger partial charge in [-0.3, -0.25) is 4.31 Å². The number of anilines is 1. The summed E-state index contributed by atoms with van der Waals surface area (Å²) in [4.78, 5) is 10.7. The van der Waals surface area contributed by atoms with Crippen molar-refractivity contribution in [3.05, 3.63) is 65.0 Å². The molecule has 0 aliphatic heterocycles. The Morgan fingerprint density at radius 3 is 2.47 bits per heavy atom. The standard InChI is InChI=1S/C20H17F4NO3S2/c1-13-15-5-2-3-6-18(15)29-19(13)25(30(27,28)10-4-9-26)12-14-7-8-17(21)16(11-14)20(22,23)24/h2-3,5-9,11H,4,10,12H2,1H3. The highest BCUT2D eigenvalue weighted by Gasteiger charge is 2.35. The molecule has 1 aromatic heterocycles. The molecule has 3 aromatic rings. The second-order valence-electron chi connectivity index (χ2n) is 6.62. The molecule has 0 unspecified atom stereocenters. The number of sulfonamides is 1. The van der Waals surface area contributed by atoms with Gasteiger partial charge in [0, 0.05) is 11.1 Å². The van der Waals surface area contributed by atoms with E-state index >= 15 is 0 Å². The Balaban J connectivity index is 2.11. The number of rotatable bonds is 7. The number of hydrogen-bond donors (Lipinski definition) is 0. The summed E-state index contributed by atoms with van der Waals surface area (Å²) in [6, 6.07) is 9.63. The number of carbonyl (C=O) groups is 1. The third-order valence-electron chi connectivity index (χ3n) is 4.54. The molecular weight excluding hydrogens is 442 g/mol. The number of alkyl halides is 3. The van der Waals surface area contributed by atoms with Gasteiger partial charge in [0.1, 0.15) is 17.1 Å². The lowest BCUT2D eigenvalue weighted by Crippen LogP contribution is -2.32. The Morgan fingerprint density at radius 1 is 1.13 bits per heavy atom. The van der Waals surface area contributed by atoms with Crippen LogP contribution in [0.2, 0.25) is 0 Å². The number of hydrogen-bond acceptors (Lipinski definition) is 4. The lowest BCUT2D eigenvalue weighted by Gasteiger charge is -2.24. The molecule has 30 heavy (non-hydrogen) atoms. The lowest BCUT2D eigenvalue weighted by atomic mass is 10.1. The number of carbonyl (C=O) groups excluding carboxylic acids is 1. The van der Waals surface area contributed by atoms with E-state index < -0.39 is 39.9 Å². The lowest BCUT2D eigenvalue weighted by molar-refractivity contribution is -0.140. The van der Waals surface area contributed by atoms with Gasteiger partial charge in [0.15, 0.2) is 0 Å². The SMILES string of the molecule is Cc1c(N(Cc2ccc(F)c(C(F)(F)F)c2)S(=O)(=O)CCC=O)sc2ccccc12. The molecule has 160 valence electrons. The van der Waals surface area contributed by atoms with Crippen molar-refractivity contribution in [2.45, 2.75) is 26.1 Å². The topological polar surface area (TPSA) is 54.5 Å². The first-order valence-electron chi connectivity index (χ1n) is 8.82. The Kier molecular flexibility index (Phi) is 6.19. The minimum atomic E-state index is -4.91. The fraction of sp³-hybridized carbons (Fsp3) is 0.250. The van der Waals surface area contributed by atoms with E-state index in [-0.39, 0.29) is 12.0 Å². The number of thiophene rings is 1. The van der Waals surface area contributed by atoms with Gasteiger partial charge in [0.05, 0.1) is 17.9 Å². The monoisotopic (exact) mass is 459 g/mol. The summed E-state index contributed by atoms with van der Waals surface area (Å²) >= 11 is 1.19. The zero-order valence-electron chi connectivity index (χ0n) is 15.7. The molecule has 2 aromatic carbocycles. The molecular formula is C20H17F4NO3S2. The first-order chi connectivity index (χ1) is 14.0. The van der Waals surface area contributed by atoms with Gasteiger partial charge < -0.3 is 4.79 Å². The number of aldehydes is 1. The first-order valence-corrected chi connectivity index (χ1v) is 11.2. The Morgan fingerprint density at radius 2 is 1.83 bits per heavy atom. The maximum absolute atomic E-state index is 13.6. The fourth-order valence-electron chi connectivity index (χ4n) is 3.06. The maximum Gasteiger partial charge on any atom is 0.419 e. The quantitative estimate of drug-likeness (QED) is 0.356. The highest BCUT2D eigenvalue weighted by atomic mass is 32.2. The van der Waals surface area contributed by atoms with Crippen molar-refractivity contribution in [3.8, 4) is 0 Å². The summed E-state index contributed by atoms with van der Waals surface area (Å²) in [5, 5.41) is 1.17. The minimum absolute atomic E-state index is 0.0183. The van der Waals surface area contributed by atoms with Gasteiger partial charge in [-0.15, -0.1) is 11.3 Å². The van der Waals surface area contributed by atoms with Gasteiger partial charge in [-0.2, -0.15) is 13.2 Å². The maximum atomic E-state index is 13.6. The Hall–Kier alpha value is -2.46.